The van der Waals surface area contributed by atoms with E-state index < -0.39 is 0 Å². The van der Waals surface area contributed by atoms with Gasteiger partial charge in [0.1, 0.15) is 12.4 Å². The van der Waals surface area contributed by atoms with Crippen LogP contribution in [0.4, 0.5) is 5.69 Å². The summed E-state index contributed by atoms with van der Waals surface area (Å²) in [5.41, 5.74) is 3.78. The van der Waals surface area contributed by atoms with Crippen molar-refractivity contribution in [3.05, 3.63) is 72.8 Å². The SMILES string of the molecule is CCO/N=C1/C[C@@H](CC(=O)Nc2ccc3c(c2)c2ccccc2n3CC)N(C(=O)COc2ccccc2)C1. The van der Waals surface area contributed by atoms with E-state index in [1.54, 1.807) is 17.0 Å². The molecular weight excluding hydrogens is 480 g/mol. The Morgan fingerprint density at radius 1 is 0.974 bits per heavy atom. The third-order valence-electron chi connectivity index (χ3n) is 6.81. The van der Waals surface area contributed by atoms with Crippen LogP contribution in [-0.4, -0.2) is 52.8 Å². The summed E-state index contributed by atoms with van der Waals surface area (Å²) < 4.78 is 7.94. The lowest BCUT2D eigenvalue weighted by molar-refractivity contribution is -0.134. The van der Waals surface area contributed by atoms with Crippen molar-refractivity contribution in [1.82, 2.24) is 9.47 Å². The van der Waals surface area contributed by atoms with Crippen LogP contribution in [0.3, 0.4) is 0 Å². The van der Waals surface area contributed by atoms with E-state index in [0.29, 0.717) is 25.3 Å². The van der Waals surface area contributed by atoms with Crippen molar-refractivity contribution in [1.29, 1.82) is 0 Å². The number of ether oxygens (including phenoxy) is 1. The number of nitrogens with zero attached hydrogens (tertiary/aromatic N) is 3. The van der Waals surface area contributed by atoms with Gasteiger partial charge in [-0.2, -0.15) is 0 Å². The number of benzene rings is 3. The zero-order chi connectivity index (χ0) is 26.5. The van der Waals surface area contributed by atoms with E-state index in [1.807, 2.05) is 55.5 Å². The van der Waals surface area contributed by atoms with Gasteiger partial charge >= 0.3 is 0 Å². The summed E-state index contributed by atoms with van der Waals surface area (Å²) in [5, 5.41) is 9.45. The Kier molecular flexibility index (Phi) is 7.58. The maximum atomic E-state index is 13.1. The van der Waals surface area contributed by atoms with Crippen LogP contribution in [0.25, 0.3) is 21.8 Å². The van der Waals surface area contributed by atoms with Gasteiger partial charge in [0.15, 0.2) is 6.61 Å². The van der Waals surface area contributed by atoms with Crippen LogP contribution in [0.1, 0.15) is 26.7 Å². The lowest BCUT2D eigenvalue weighted by Crippen LogP contribution is -2.40. The molecule has 0 bridgehead atoms. The summed E-state index contributed by atoms with van der Waals surface area (Å²) >= 11 is 0. The Hall–Kier alpha value is -4.33. The fraction of sp³-hybridized carbons (Fsp3) is 0.300. The smallest absolute Gasteiger partial charge is 0.261 e. The van der Waals surface area contributed by atoms with Crippen molar-refractivity contribution in [2.45, 2.75) is 39.3 Å². The number of anilines is 1. The highest BCUT2D eigenvalue weighted by Gasteiger charge is 2.35. The first-order valence-electron chi connectivity index (χ1n) is 13.0. The third kappa shape index (κ3) is 5.34. The third-order valence-corrected chi connectivity index (χ3v) is 6.81. The number of carbonyl (C=O) groups is 2. The van der Waals surface area contributed by atoms with Crippen LogP contribution < -0.4 is 10.1 Å². The fourth-order valence-electron chi connectivity index (χ4n) is 5.11. The zero-order valence-corrected chi connectivity index (χ0v) is 21.7. The zero-order valence-electron chi connectivity index (χ0n) is 21.7. The predicted octanol–water partition coefficient (Wildman–Crippen LogP) is 5.22. The summed E-state index contributed by atoms with van der Waals surface area (Å²) in [4.78, 5) is 33.1. The molecule has 4 aromatic rings. The maximum absolute atomic E-state index is 13.1. The summed E-state index contributed by atoms with van der Waals surface area (Å²) in [7, 11) is 0. The van der Waals surface area contributed by atoms with Crippen LogP contribution in [-0.2, 0) is 21.0 Å². The number of rotatable bonds is 9. The molecule has 1 aliphatic rings. The number of para-hydroxylation sites is 2. The Morgan fingerprint density at radius 3 is 2.53 bits per heavy atom. The molecular formula is C30H32N4O4. The lowest BCUT2D eigenvalue weighted by Gasteiger charge is -2.23. The highest BCUT2D eigenvalue weighted by atomic mass is 16.6. The molecule has 0 spiro atoms. The molecule has 1 aromatic heterocycles. The van der Waals surface area contributed by atoms with Crippen molar-refractivity contribution in [2.24, 2.45) is 5.16 Å². The molecule has 0 unspecified atom stereocenters. The highest BCUT2D eigenvalue weighted by molar-refractivity contribution is 6.10. The highest BCUT2D eigenvalue weighted by Crippen LogP contribution is 2.31. The second-order valence-electron chi connectivity index (χ2n) is 9.30. The van der Waals surface area contributed by atoms with Crippen molar-refractivity contribution in [3.63, 3.8) is 0 Å². The Morgan fingerprint density at radius 2 is 1.74 bits per heavy atom. The Bertz CT molecular complexity index is 1480. The molecule has 8 nitrogen and oxygen atoms in total. The summed E-state index contributed by atoms with van der Waals surface area (Å²) in [5.74, 6) is 0.271. The first kappa shape index (κ1) is 25.3. The van der Waals surface area contributed by atoms with Gasteiger partial charge in [-0.15, -0.1) is 0 Å². The van der Waals surface area contributed by atoms with E-state index in [2.05, 4.69) is 34.1 Å². The monoisotopic (exact) mass is 512 g/mol. The second-order valence-corrected chi connectivity index (χ2v) is 9.30. The maximum Gasteiger partial charge on any atom is 0.261 e. The van der Waals surface area contributed by atoms with Crippen molar-refractivity contribution in [2.75, 3.05) is 25.1 Å². The van der Waals surface area contributed by atoms with Crippen molar-refractivity contribution < 1.29 is 19.2 Å². The number of likely N-dealkylation sites (tertiary alicyclic amines) is 1. The quantitative estimate of drug-likeness (QED) is 0.312. The molecule has 1 fully saturated rings. The minimum atomic E-state index is -0.327. The molecule has 2 amide bonds. The van der Waals surface area contributed by atoms with Crippen LogP contribution >= 0.6 is 0 Å². The van der Waals surface area contributed by atoms with E-state index in [0.717, 1.165) is 34.2 Å². The Labute approximate surface area is 221 Å². The standard InChI is InChI=1S/C30H32N4O4/c1-3-33-27-13-9-8-12-25(27)26-17-21(14-15-28(26)33)31-29(35)18-23-16-22(32-38-4-2)19-34(23)30(36)20-37-24-10-6-5-7-11-24/h5-15,17,23H,3-4,16,18-20H2,1-2H3,(H,31,35)/b32-22-/t23-/m0/s1. The molecule has 5 rings (SSSR count). The average molecular weight is 513 g/mol. The molecule has 1 N–H and O–H groups in total. The van der Waals surface area contributed by atoms with Gasteiger partial charge in [0.05, 0.1) is 12.3 Å². The van der Waals surface area contributed by atoms with Crippen LogP contribution in [0.15, 0.2) is 78.0 Å². The molecule has 8 heteroatoms. The number of hydrogen-bond donors (Lipinski definition) is 1. The topological polar surface area (TPSA) is 85.2 Å². The van der Waals surface area contributed by atoms with Gasteiger partial charge in [-0.1, -0.05) is 41.6 Å². The summed E-state index contributed by atoms with van der Waals surface area (Å²) in [6.07, 6.45) is 0.629. The van der Waals surface area contributed by atoms with Gasteiger partial charge in [-0.05, 0) is 50.2 Å². The predicted molar refractivity (Wildman–Crippen MR) is 149 cm³/mol. The van der Waals surface area contributed by atoms with E-state index >= 15 is 0 Å². The summed E-state index contributed by atoms with van der Waals surface area (Å²) in [6, 6.07) is 23.2. The molecule has 38 heavy (non-hydrogen) atoms. The van der Waals surface area contributed by atoms with Gasteiger partial charge in [0, 0.05) is 52.9 Å². The lowest BCUT2D eigenvalue weighted by atomic mass is 10.1. The molecule has 2 heterocycles. The van der Waals surface area contributed by atoms with Crippen molar-refractivity contribution >= 4 is 45.0 Å². The van der Waals surface area contributed by atoms with Crippen LogP contribution in [0.2, 0.25) is 0 Å². The van der Waals surface area contributed by atoms with Crippen molar-refractivity contribution in [3.8, 4) is 5.75 Å². The van der Waals surface area contributed by atoms with Gasteiger partial charge < -0.3 is 24.4 Å². The number of nitrogens with one attached hydrogen (secondary N) is 1. The molecule has 0 radical (unpaired) electrons. The fourth-order valence-corrected chi connectivity index (χ4v) is 5.11. The number of oxime groups is 1. The summed E-state index contributed by atoms with van der Waals surface area (Å²) in [6.45, 7) is 5.50. The van der Waals surface area contributed by atoms with E-state index in [4.69, 9.17) is 9.57 Å². The van der Waals surface area contributed by atoms with Gasteiger partial charge in [-0.25, -0.2) is 0 Å². The Balaban J connectivity index is 1.30. The average Bonchev–Trinajstić information content (AvgIpc) is 3.49. The van der Waals surface area contributed by atoms with E-state index in [-0.39, 0.29) is 30.9 Å². The molecule has 196 valence electrons. The number of amides is 2. The molecule has 1 saturated heterocycles. The van der Waals surface area contributed by atoms with E-state index in [9.17, 15) is 9.59 Å². The number of fused-ring (bicyclic) bond motifs is 3. The minimum absolute atomic E-state index is 0.109. The van der Waals surface area contributed by atoms with Gasteiger partial charge in [-0.3, -0.25) is 9.59 Å². The van der Waals surface area contributed by atoms with Gasteiger partial charge in [0.2, 0.25) is 5.91 Å². The first-order valence-corrected chi connectivity index (χ1v) is 13.0. The number of aryl methyl sites for hydroxylation is 1. The molecule has 1 atom stereocenters. The van der Waals surface area contributed by atoms with Gasteiger partial charge in [0.25, 0.3) is 5.91 Å². The molecule has 0 saturated carbocycles. The molecule has 3 aromatic carbocycles. The molecule has 0 aliphatic carbocycles. The number of hydrogen-bond acceptors (Lipinski definition) is 5. The minimum Gasteiger partial charge on any atom is -0.484 e. The number of carbonyl (C=O) groups excluding carboxylic acids is 2. The van der Waals surface area contributed by atoms with Crippen LogP contribution in [0.5, 0.6) is 5.75 Å². The molecule has 1 aliphatic heterocycles. The number of aromatic nitrogens is 1. The second kappa shape index (κ2) is 11.4. The normalized spacial score (nSPS) is 16.3. The largest absolute Gasteiger partial charge is 0.484 e. The first-order chi connectivity index (χ1) is 18.6. The van der Waals surface area contributed by atoms with Crippen LogP contribution in [0, 0.1) is 0 Å². The van der Waals surface area contributed by atoms with E-state index in [1.165, 1.54) is 5.52 Å².